The van der Waals surface area contributed by atoms with Crippen molar-refractivity contribution in [1.29, 1.82) is 0 Å². The van der Waals surface area contributed by atoms with Crippen LogP contribution in [0.1, 0.15) is 26.6 Å². The molecule has 6 heteroatoms. The van der Waals surface area contributed by atoms with Crippen molar-refractivity contribution >= 4 is 46.0 Å². The summed E-state index contributed by atoms with van der Waals surface area (Å²) >= 11 is 3.69. The molecule has 0 atom stereocenters. The van der Waals surface area contributed by atoms with E-state index >= 15 is 0 Å². The van der Waals surface area contributed by atoms with Gasteiger partial charge >= 0.3 is 0 Å². The van der Waals surface area contributed by atoms with Crippen LogP contribution in [0.15, 0.2) is 52.9 Å². The molecular weight excluding hydrogens is 433 g/mol. The number of aryl methyl sites for hydroxylation is 1. The van der Waals surface area contributed by atoms with Crippen LogP contribution in [0.5, 0.6) is 0 Å². The zero-order valence-corrected chi connectivity index (χ0v) is 16.3. The third-order valence-electron chi connectivity index (χ3n) is 3.67. The molecule has 0 aliphatic rings. The molecule has 1 aromatic carbocycles. The highest BCUT2D eigenvalue weighted by Gasteiger charge is 2.10. The van der Waals surface area contributed by atoms with Crippen molar-refractivity contribution in [2.45, 2.75) is 13.8 Å². The van der Waals surface area contributed by atoms with E-state index in [0.717, 1.165) is 22.6 Å². The van der Waals surface area contributed by atoms with Gasteiger partial charge in [-0.05, 0) is 78.2 Å². The number of thiophene rings is 1. The van der Waals surface area contributed by atoms with E-state index in [1.807, 2.05) is 18.4 Å². The van der Waals surface area contributed by atoms with Crippen LogP contribution in [0.3, 0.4) is 0 Å². The fraction of sp³-hybridized carbons (Fsp3) is 0.111. The van der Waals surface area contributed by atoms with E-state index in [1.54, 1.807) is 12.3 Å². The second kappa shape index (κ2) is 7.31. The van der Waals surface area contributed by atoms with Crippen LogP contribution in [-0.4, -0.2) is 16.7 Å². The summed E-state index contributed by atoms with van der Waals surface area (Å²) in [6, 6.07) is 14.1. The van der Waals surface area contributed by atoms with E-state index in [-0.39, 0.29) is 5.91 Å². The van der Waals surface area contributed by atoms with Gasteiger partial charge in [-0.15, -0.1) is 11.3 Å². The number of hydrogen-bond acceptors (Lipinski definition) is 3. The minimum Gasteiger partial charge on any atom is -0.318 e. The Morgan fingerprint density at radius 1 is 1.25 bits per heavy atom. The highest BCUT2D eigenvalue weighted by atomic mass is 127. The molecule has 1 N–H and O–H groups in total. The number of halogens is 1. The fourth-order valence-corrected chi connectivity index (χ4v) is 3.50. The molecule has 0 aliphatic heterocycles. The number of hydrogen-bond donors (Lipinski definition) is 1. The summed E-state index contributed by atoms with van der Waals surface area (Å²) in [7, 11) is 0. The number of carbonyl (C=O) groups is 1. The molecule has 2 aromatic heterocycles. The summed E-state index contributed by atoms with van der Waals surface area (Å²) in [4.78, 5) is 12.5. The van der Waals surface area contributed by atoms with Gasteiger partial charge in [0.1, 0.15) is 0 Å². The van der Waals surface area contributed by atoms with Crippen LogP contribution >= 0.6 is 33.9 Å². The molecule has 0 saturated carbocycles. The number of amides is 1. The Hall–Kier alpha value is -1.93. The van der Waals surface area contributed by atoms with Crippen molar-refractivity contribution in [3.05, 3.63) is 73.2 Å². The quantitative estimate of drug-likeness (QED) is 0.355. The smallest absolute Gasteiger partial charge is 0.281 e. The van der Waals surface area contributed by atoms with Gasteiger partial charge in [-0.25, -0.2) is 5.43 Å². The third kappa shape index (κ3) is 3.59. The fourth-order valence-electron chi connectivity index (χ4n) is 2.53. The monoisotopic (exact) mass is 449 g/mol. The average Bonchev–Trinajstić information content (AvgIpc) is 3.18. The molecule has 0 aliphatic carbocycles. The van der Waals surface area contributed by atoms with Crippen LogP contribution in [-0.2, 0) is 0 Å². The van der Waals surface area contributed by atoms with E-state index in [1.165, 1.54) is 14.9 Å². The van der Waals surface area contributed by atoms with Crippen molar-refractivity contribution in [3.63, 3.8) is 0 Å². The van der Waals surface area contributed by atoms with Gasteiger partial charge in [-0.1, -0.05) is 6.07 Å². The van der Waals surface area contributed by atoms with Gasteiger partial charge in [0, 0.05) is 26.2 Å². The first-order chi connectivity index (χ1) is 11.6. The Morgan fingerprint density at radius 2 is 2.00 bits per heavy atom. The van der Waals surface area contributed by atoms with Gasteiger partial charge in [0.25, 0.3) is 5.91 Å². The molecule has 3 aromatic rings. The predicted molar refractivity (Wildman–Crippen MR) is 107 cm³/mol. The van der Waals surface area contributed by atoms with E-state index in [9.17, 15) is 4.79 Å². The second-order valence-electron chi connectivity index (χ2n) is 5.31. The van der Waals surface area contributed by atoms with Gasteiger partial charge in [0.2, 0.25) is 0 Å². The molecule has 0 spiro atoms. The summed E-state index contributed by atoms with van der Waals surface area (Å²) in [5, 5.41) is 5.96. The SMILES string of the molecule is Cc1cc(C=NNC(=O)c2cccs2)c(C)n1-c1ccc(I)cc1. The molecule has 3 rings (SSSR count). The molecule has 2 heterocycles. The van der Waals surface area contributed by atoms with Gasteiger partial charge in [0.05, 0.1) is 11.1 Å². The predicted octanol–water partition coefficient (Wildman–Crippen LogP) is 4.52. The standard InChI is InChI=1S/C18H16IN3OS/c1-12-10-14(11-20-21-18(23)17-4-3-9-24-17)13(2)22(12)16-7-5-15(19)6-8-16/h3-11H,1-2H3,(H,21,23). The number of nitrogens with one attached hydrogen (secondary N) is 1. The summed E-state index contributed by atoms with van der Waals surface area (Å²) in [5.74, 6) is -0.187. The molecule has 24 heavy (non-hydrogen) atoms. The second-order valence-corrected chi connectivity index (χ2v) is 7.51. The third-order valence-corrected chi connectivity index (χ3v) is 5.26. The van der Waals surface area contributed by atoms with Gasteiger partial charge in [-0.3, -0.25) is 4.79 Å². The van der Waals surface area contributed by atoms with Gasteiger partial charge in [0.15, 0.2) is 0 Å². The number of hydrazone groups is 1. The topological polar surface area (TPSA) is 46.4 Å². The van der Waals surface area contributed by atoms with Crippen molar-refractivity contribution in [2.75, 3.05) is 0 Å². The highest BCUT2D eigenvalue weighted by Crippen LogP contribution is 2.20. The molecule has 122 valence electrons. The summed E-state index contributed by atoms with van der Waals surface area (Å²) in [6.45, 7) is 4.11. The maximum atomic E-state index is 11.9. The Balaban J connectivity index is 1.80. The molecule has 0 bridgehead atoms. The number of aromatic nitrogens is 1. The number of benzene rings is 1. The van der Waals surface area contributed by atoms with Crippen molar-refractivity contribution < 1.29 is 4.79 Å². The lowest BCUT2D eigenvalue weighted by Crippen LogP contribution is -2.16. The van der Waals surface area contributed by atoms with Gasteiger partial charge in [-0.2, -0.15) is 5.10 Å². The molecule has 0 unspecified atom stereocenters. The maximum absolute atomic E-state index is 11.9. The first-order valence-electron chi connectivity index (χ1n) is 7.38. The summed E-state index contributed by atoms with van der Waals surface area (Å²) < 4.78 is 3.38. The zero-order chi connectivity index (χ0) is 17.1. The molecular formula is C18H16IN3OS. The number of rotatable bonds is 4. The Morgan fingerprint density at radius 3 is 2.67 bits per heavy atom. The van der Waals surface area contributed by atoms with Crippen molar-refractivity contribution in [2.24, 2.45) is 5.10 Å². The average molecular weight is 449 g/mol. The largest absolute Gasteiger partial charge is 0.318 e. The molecule has 0 radical (unpaired) electrons. The summed E-state index contributed by atoms with van der Waals surface area (Å²) in [6.07, 6.45) is 1.69. The van der Waals surface area contributed by atoms with Crippen LogP contribution in [0.25, 0.3) is 5.69 Å². The zero-order valence-electron chi connectivity index (χ0n) is 13.3. The van der Waals surface area contributed by atoms with Gasteiger partial charge < -0.3 is 4.57 Å². The normalized spacial score (nSPS) is 11.1. The lowest BCUT2D eigenvalue weighted by Gasteiger charge is -2.09. The Kier molecular flexibility index (Phi) is 5.15. The molecule has 4 nitrogen and oxygen atoms in total. The minimum absolute atomic E-state index is 0.187. The number of carbonyl (C=O) groups excluding carboxylic acids is 1. The summed E-state index contributed by atoms with van der Waals surface area (Å²) in [5.41, 5.74) is 6.88. The van der Waals surface area contributed by atoms with E-state index in [0.29, 0.717) is 4.88 Å². The highest BCUT2D eigenvalue weighted by molar-refractivity contribution is 14.1. The first kappa shape index (κ1) is 16.9. The lowest BCUT2D eigenvalue weighted by atomic mass is 10.2. The van der Waals surface area contributed by atoms with E-state index in [2.05, 4.69) is 74.9 Å². The molecule has 1 amide bonds. The van der Waals surface area contributed by atoms with Crippen molar-refractivity contribution in [3.8, 4) is 5.69 Å². The number of nitrogens with zero attached hydrogens (tertiary/aromatic N) is 2. The molecule has 0 fully saturated rings. The lowest BCUT2D eigenvalue weighted by molar-refractivity contribution is 0.0959. The van der Waals surface area contributed by atoms with E-state index in [4.69, 9.17) is 0 Å². The van der Waals surface area contributed by atoms with Crippen LogP contribution in [0.4, 0.5) is 0 Å². The van der Waals surface area contributed by atoms with Crippen LogP contribution in [0, 0.1) is 17.4 Å². The minimum atomic E-state index is -0.187. The maximum Gasteiger partial charge on any atom is 0.281 e. The first-order valence-corrected chi connectivity index (χ1v) is 9.34. The van der Waals surface area contributed by atoms with E-state index < -0.39 is 0 Å². The van der Waals surface area contributed by atoms with Crippen LogP contribution < -0.4 is 5.43 Å². The Labute approximate surface area is 158 Å². The Bertz CT molecular complexity index is 880. The van der Waals surface area contributed by atoms with Crippen molar-refractivity contribution in [1.82, 2.24) is 9.99 Å². The van der Waals surface area contributed by atoms with Crippen LogP contribution in [0.2, 0.25) is 0 Å². The molecule has 0 saturated heterocycles.